The van der Waals surface area contributed by atoms with Crippen LogP contribution in [0.15, 0.2) is 72.8 Å². The lowest BCUT2D eigenvalue weighted by molar-refractivity contribution is -0.0336. The number of carboxylic acids is 1. The predicted octanol–water partition coefficient (Wildman–Crippen LogP) is 4.88. The number of methoxy groups -OCH3 is 1. The summed E-state index contributed by atoms with van der Waals surface area (Å²) in [6, 6.07) is 21.6. The van der Waals surface area contributed by atoms with Gasteiger partial charge >= 0.3 is 12.1 Å². The molecule has 38 heavy (non-hydrogen) atoms. The number of nitrogens with one attached hydrogen (secondary N) is 1. The van der Waals surface area contributed by atoms with Crippen molar-refractivity contribution < 1.29 is 28.9 Å². The molecule has 2 atom stereocenters. The number of benzene rings is 3. The summed E-state index contributed by atoms with van der Waals surface area (Å²) in [6.45, 7) is 3.12. The molecule has 198 valence electrons. The van der Waals surface area contributed by atoms with Crippen LogP contribution < -0.4 is 14.8 Å². The van der Waals surface area contributed by atoms with E-state index in [1.165, 1.54) is 13.2 Å². The monoisotopic (exact) mass is 516 g/mol. The van der Waals surface area contributed by atoms with Gasteiger partial charge in [-0.25, -0.2) is 9.59 Å². The van der Waals surface area contributed by atoms with Gasteiger partial charge in [-0.3, -0.25) is 4.90 Å². The number of hydrogen-bond donors (Lipinski definition) is 2. The molecule has 3 saturated heterocycles. The van der Waals surface area contributed by atoms with E-state index >= 15 is 0 Å². The van der Waals surface area contributed by atoms with E-state index in [1.54, 1.807) is 12.1 Å². The van der Waals surface area contributed by atoms with E-state index in [1.807, 2.05) is 54.6 Å². The second-order valence-electron chi connectivity index (χ2n) is 9.81. The van der Waals surface area contributed by atoms with Crippen LogP contribution >= 0.6 is 0 Å². The second-order valence-corrected chi connectivity index (χ2v) is 9.81. The fraction of sp³-hybridized carbons (Fsp3) is 0.333. The van der Waals surface area contributed by atoms with Crippen LogP contribution in [-0.4, -0.2) is 54.9 Å². The number of piperidine rings is 3. The first kappa shape index (κ1) is 25.6. The zero-order valence-electron chi connectivity index (χ0n) is 21.3. The maximum atomic E-state index is 13.0. The molecular formula is C30H32N2O6. The molecule has 0 radical (unpaired) electrons. The maximum absolute atomic E-state index is 13.0. The number of fused-ring (bicyclic) bond motifs is 3. The topological polar surface area (TPSA) is 97.3 Å². The van der Waals surface area contributed by atoms with Crippen LogP contribution in [-0.2, 0) is 11.3 Å². The SMILES string of the molecule is COc1cc(COc2cccc(C(NC(=O)OC3CN4CCC3CC4)c3ccccc3)c2)cc(C(=O)O)c1. The Morgan fingerprint density at radius 1 is 0.974 bits per heavy atom. The number of alkyl carbamates (subject to hydrolysis) is 1. The average Bonchev–Trinajstić information content (AvgIpc) is 2.96. The molecule has 3 heterocycles. The van der Waals surface area contributed by atoms with Gasteiger partial charge in [0.05, 0.1) is 18.7 Å². The zero-order chi connectivity index (χ0) is 26.5. The van der Waals surface area contributed by atoms with Gasteiger partial charge in [0.1, 0.15) is 24.2 Å². The number of aromatic carboxylic acids is 1. The molecule has 6 rings (SSSR count). The van der Waals surface area contributed by atoms with Crippen molar-refractivity contribution in [1.82, 2.24) is 10.2 Å². The smallest absolute Gasteiger partial charge is 0.408 e. The summed E-state index contributed by atoms with van der Waals surface area (Å²) in [7, 11) is 1.49. The van der Waals surface area contributed by atoms with Gasteiger partial charge in [0, 0.05) is 6.54 Å². The number of nitrogens with zero attached hydrogens (tertiary/aromatic N) is 1. The Morgan fingerprint density at radius 3 is 2.42 bits per heavy atom. The van der Waals surface area contributed by atoms with Crippen molar-refractivity contribution >= 4 is 12.1 Å². The van der Waals surface area contributed by atoms with Crippen LogP contribution in [0, 0.1) is 5.92 Å². The molecule has 0 aliphatic carbocycles. The van der Waals surface area contributed by atoms with Crippen molar-refractivity contribution in [3.05, 3.63) is 95.1 Å². The standard InChI is InChI=1S/C30H32N2O6/c1-36-26-15-20(14-24(17-26)29(33)34)19-37-25-9-5-8-23(16-25)28(22-6-3-2-4-7-22)31-30(35)38-27-18-32-12-10-21(27)11-13-32/h2-9,14-17,21,27-28H,10-13,18-19H2,1H3,(H,31,35)(H,33,34). The molecule has 8 heteroatoms. The highest BCUT2D eigenvalue weighted by molar-refractivity contribution is 5.88. The number of carboxylic acid groups (broad SMARTS) is 1. The van der Waals surface area contributed by atoms with Gasteiger partial charge < -0.3 is 24.6 Å². The van der Waals surface area contributed by atoms with Gasteiger partial charge in [-0.05, 0) is 78.9 Å². The van der Waals surface area contributed by atoms with E-state index in [4.69, 9.17) is 14.2 Å². The molecule has 8 nitrogen and oxygen atoms in total. The van der Waals surface area contributed by atoms with Crippen molar-refractivity contribution in [2.75, 3.05) is 26.7 Å². The molecule has 0 spiro atoms. The predicted molar refractivity (Wildman–Crippen MR) is 142 cm³/mol. The minimum absolute atomic E-state index is 0.0813. The molecule has 2 bridgehead atoms. The fourth-order valence-electron chi connectivity index (χ4n) is 5.27. The van der Waals surface area contributed by atoms with Crippen molar-refractivity contribution in [3.63, 3.8) is 0 Å². The van der Waals surface area contributed by atoms with E-state index < -0.39 is 18.1 Å². The summed E-state index contributed by atoms with van der Waals surface area (Å²) in [5.41, 5.74) is 2.57. The molecule has 0 aromatic heterocycles. The number of amides is 1. The highest BCUT2D eigenvalue weighted by atomic mass is 16.6. The fourth-order valence-corrected chi connectivity index (χ4v) is 5.27. The summed E-state index contributed by atoms with van der Waals surface area (Å²) < 4.78 is 17.2. The molecule has 0 saturated carbocycles. The Morgan fingerprint density at radius 2 is 1.74 bits per heavy atom. The Balaban J connectivity index is 1.31. The van der Waals surface area contributed by atoms with Crippen molar-refractivity contribution in [3.8, 4) is 11.5 Å². The normalized spacial score (nSPS) is 20.8. The van der Waals surface area contributed by atoms with Crippen LogP contribution in [0.5, 0.6) is 11.5 Å². The number of hydrogen-bond acceptors (Lipinski definition) is 6. The van der Waals surface area contributed by atoms with Gasteiger partial charge in [0.15, 0.2) is 0 Å². The van der Waals surface area contributed by atoms with Gasteiger partial charge in [0.25, 0.3) is 0 Å². The lowest BCUT2D eigenvalue weighted by Crippen LogP contribution is -2.52. The molecule has 3 aliphatic rings. The Labute approximate surface area is 222 Å². The highest BCUT2D eigenvalue weighted by Gasteiger charge is 2.36. The van der Waals surface area contributed by atoms with E-state index in [-0.39, 0.29) is 18.3 Å². The second kappa shape index (κ2) is 11.6. The van der Waals surface area contributed by atoms with Gasteiger partial charge in [-0.15, -0.1) is 0 Å². The average molecular weight is 517 g/mol. The van der Waals surface area contributed by atoms with Crippen molar-refractivity contribution in [2.45, 2.75) is 31.6 Å². The first-order valence-corrected chi connectivity index (χ1v) is 12.9. The number of rotatable bonds is 9. The van der Waals surface area contributed by atoms with Crippen molar-refractivity contribution in [2.24, 2.45) is 5.92 Å². The van der Waals surface area contributed by atoms with E-state index in [9.17, 15) is 14.7 Å². The molecule has 3 aliphatic heterocycles. The van der Waals surface area contributed by atoms with Crippen LogP contribution in [0.25, 0.3) is 0 Å². The summed E-state index contributed by atoms with van der Waals surface area (Å²) >= 11 is 0. The third-order valence-corrected chi connectivity index (χ3v) is 7.30. The molecule has 1 amide bonds. The van der Waals surface area contributed by atoms with E-state index in [2.05, 4.69) is 10.2 Å². The minimum Gasteiger partial charge on any atom is -0.497 e. The minimum atomic E-state index is -1.03. The Hall–Kier alpha value is -4.04. The number of carbonyl (C=O) groups excluding carboxylic acids is 1. The van der Waals surface area contributed by atoms with Crippen LogP contribution in [0.3, 0.4) is 0 Å². The molecule has 3 fully saturated rings. The van der Waals surface area contributed by atoms with Gasteiger partial charge in [-0.1, -0.05) is 42.5 Å². The largest absolute Gasteiger partial charge is 0.497 e. The Bertz CT molecular complexity index is 1270. The van der Waals surface area contributed by atoms with Gasteiger partial charge in [0.2, 0.25) is 0 Å². The zero-order valence-corrected chi connectivity index (χ0v) is 21.3. The lowest BCUT2D eigenvalue weighted by Gasteiger charge is -2.43. The molecule has 2 N–H and O–H groups in total. The summed E-state index contributed by atoms with van der Waals surface area (Å²) in [5.74, 6) is 0.438. The maximum Gasteiger partial charge on any atom is 0.408 e. The quantitative estimate of drug-likeness (QED) is 0.418. The van der Waals surface area contributed by atoms with Crippen LogP contribution in [0.1, 0.15) is 45.9 Å². The van der Waals surface area contributed by atoms with Crippen molar-refractivity contribution in [1.29, 1.82) is 0 Å². The first-order chi connectivity index (χ1) is 18.5. The first-order valence-electron chi connectivity index (χ1n) is 12.9. The van der Waals surface area contributed by atoms with Crippen LogP contribution in [0.4, 0.5) is 4.79 Å². The molecule has 3 aromatic carbocycles. The highest BCUT2D eigenvalue weighted by Crippen LogP contribution is 2.31. The number of ether oxygens (including phenoxy) is 3. The molecule has 3 aromatic rings. The van der Waals surface area contributed by atoms with E-state index in [0.29, 0.717) is 23.0 Å². The molecule has 2 unspecified atom stereocenters. The van der Waals surface area contributed by atoms with Crippen LogP contribution in [0.2, 0.25) is 0 Å². The third-order valence-electron chi connectivity index (χ3n) is 7.30. The summed E-state index contributed by atoms with van der Waals surface area (Å²) in [5, 5.41) is 12.5. The summed E-state index contributed by atoms with van der Waals surface area (Å²) in [4.78, 5) is 26.9. The van der Waals surface area contributed by atoms with Gasteiger partial charge in [-0.2, -0.15) is 0 Å². The third kappa shape index (κ3) is 6.08. The lowest BCUT2D eigenvalue weighted by atomic mass is 9.86. The molecular weight excluding hydrogens is 484 g/mol. The summed E-state index contributed by atoms with van der Waals surface area (Å²) in [6.07, 6.45) is 1.63. The van der Waals surface area contributed by atoms with E-state index in [0.717, 1.165) is 43.6 Å². The number of carbonyl (C=O) groups is 2. The Kier molecular flexibility index (Phi) is 7.79.